The normalized spacial score (nSPS) is 18.9. The van der Waals surface area contributed by atoms with Gasteiger partial charge in [0.25, 0.3) is 5.56 Å². The Morgan fingerprint density at radius 3 is 1.90 bits per heavy atom. The van der Waals surface area contributed by atoms with Crippen molar-refractivity contribution < 1.29 is 18.6 Å². The number of nitrogens with zero attached hydrogens (tertiary/aromatic N) is 1. The lowest BCUT2D eigenvalue weighted by molar-refractivity contribution is -0.0994. The zero-order chi connectivity index (χ0) is 28.0. The van der Waals surface area contributed by atoms with Gasteiger partial charge in [0.05, 0.1) is 12.6 Å². The smallest absolute Gasteiger partial charge is 0.328 e. The fourth-order valence-corrected chi connectivity index (χ4v) is 5.18. The average molecular weight is 543 g/mol. The van der Waals surface area contributed by atoms with Gasteiger partial charge in [-0.05, 0) is 29.2 Å². The molecular formula is C32H31FN2O5. The number of hydrogen-bond acceptors (Lipinski definition) is 5. The van der Waals surface area contributed by atoms with Gasteiger partial charge < -0.3 is 14.2 Å². The van der Waals surface area contributed by atoms with Crippen LogP contribution in [0.15, 0.2) is 124 Å². The maximum absolute atomic E-state index is 15.9. The molecule has 0 spiro atoms. The molecule has 0 aliphatic heterocycles. The minimum Gasteiger partial charge on any atom is -0.356 e. The molecule has 1 aromatic heterocycles. The van der Waals surface area contributed by atoms with E-state index in [2.05, 4.69) is 4.98 Å². The average Bonchev–Trinajstić information content (AvgIpc) is 3.30. The van der Waals surface area contributed by atoms with E-state index in [0.29, 0.717) is 12.2 Å². The van der Waals surface area contributed by atoms with Gasteiger partial charge in [0.15, 0.2) is 6.17 Å². The van der Waals surface area contributed by atoms with E-state index in [1.807, 2.05) is 97.9 Å². The van der Waals surface area contributed by atoms with Crippen molar-refractivity contribution in [1.82, 2.24) is 9.55 Å². The summed E-state index contributed by atoms with van der Waals surface area (Å²) in [6.07, 6.45) is 0.311. The van der Waals surface area contributed by atoms with Gasteiger partial charge in [-0.2, -0.15) is 0 Å². The molecular weight excluding hydrogens is 511 g/mol. The summed E-state index contributed by atoms with van der Waals surface area (Å²) in [5, 5.41) is 0. The van der Waals surface area contributed by atoms with Crippen molar-refractivity contribution in [1.29, 1.82) is 0 Å². The second kappa shape index (κ2) is 12.4. The van der Waals surface area contributed by atoms with E-state index in [1.54, 1.807) is 6.08 Å². The number of aromatic nitrogens is 2. The van der Waals surface area contributed by atoms with Gasteiger partial charge >= 0.3 is 5.69 Å². The fraction of sp³-hybridized carbons (Fsp3) is 0.250. The molecule has 0 amide bonds. The third-order valence-electron chi connectivity index (χ3n) is 7.07. The third-order valence-corrected chi connectivity index (χ3v) is 7.07. The molecule has 0 radical (unpaired) electrons. The standard InChI is InChI=1S/C32H31FN2O5/c1-2-38-22-39-30-23(20-27(29(30)33)35-19-18-28(36)34-31(35)37)21-40-32(24-12-6-3-7-13-24,25-14-8-4-9-15-25)26-16-10-5-11-17-26/h3-20,27,29-30H,2,21-22H2,1H3,(H,34,36,37)/t27-,29?,30+/m1/s1. The highest BCUT2D eigenvalue weighted by Gasteiger charge is 2.43. The SMILES string of the molecule is CCOCO[C@H]1C(COC(c2ccccc2)(c2ccccc2)c2ccccc2)=C[C@@H](n2ccc(=O)[nH]c2=O)C1F. The van der Waals surface area contributed by atoms with Crippen LogP contribution in [0.25, 0.3) is 0 Å². The molecule has 3 atom stereocenters. The number of ether oxygens (including phenoxy) is 3. The van der Waals surface area contributed by atoms with Crippen LogP contribution in [0, 0.1) is 0 Å². The summed E-state index contributed by atoms with van der Waals surface area (Å²) in [7, 11) is 0. The van der Waals surface area contributed by atoms with Crippen molar-refractivity contribution in [3.63, 3.8) is 0 Å². The molecule has 1 N–H and O–H groups in total. The number of benzene rings is 3. The number of hydrogen-bond donors (Lipinski definition) is 1. The Hall–Kier alpha value is -4.11. The number of alkyl halides is 1. The summed E-state index contributed by atoms with van der Waals surface area (Å²) >= 11 is 0. The molecule has 1 heterocycles. The maximum atomic E-state index is 15.9. The van der Waals surface area contributed by atoms with Crippen molar-refractivity contribution in [2.45, 2.75) is 30.8 Å². The lowest BCUT2D eigenvalue weighted by Crippen LogP contribution is -2.37. The van der Waals surface area contributed by atoms with Gasteiger partial charge in [0.1, 0.15) is 18.5 Å². The molecule has 1 aliphatic carbocycles. The number of rotatable bonds is 11. The van der Waals surface area contributed by atoms with Crippen molar-refractivity contribution in [2.24, 2.45) is 0 Å². The van der Waals surface area contributed by atoms with Crippen LogP contribution in [0.1, 0.15) is 29.7 Å². The maximum Gasteiger partial charge on any atom is 0.328 e. The van der Waals surface area contributed by atoms with Crippen LogP contribution in [0.5, 0.6) is 0 Å². The van der Waals surface area contributed by atoms with Crippen molar-refractivity contribution in [2.75, 3.05) is 20.0 Å². The Balaban J connectivity index is 1.58. The predicted molar refractivity (Wildman–Crippen MR) is 150 cm³/mol. The molecule has 1 unspecified atom stereocenters. The zero-order valence-corrected chi connectivity index (χ0v) is 22.1. The lowest BCUT2D eigenvalue weighted by atomic mass is 9.80. The lowest BCUT2D eigenvalue weighted by Gasteiger charge is -2.36. The topological polar surface area (TPSA) is 82.6 Å². The van der Waals surface area contributed by atoms with E-state index in [-0.39, 0.29) is 13.4 Å². The molecule has 5 rings (SSSR count). The first-order valence-corrected chi connectivity index (χ1v) is 13.2. The van der Waals surface area contributed by atoms with Crippen LogP contribution >= 0.6 is 0 Å². The fourth-order valence-electron chi connectivity index (χ4n) is 5.18. The van der Waals surface area contributed by atoms with Gasteiger partial charge in [-0.3, -0.25) is 14.3 Å². The highest BCUT2D eigenvalue weighted by atomic mass is 19.1. The Kier molecular flexibility index (Phi) is 8.50. The molecule has 7 nitrogen and oxygen atoms in total. The van der Waals surface area contributed by atoms with E-state index >= 15 is 4.39 Å². The molecule has 0 saturated heterocycles. The zero-order valence-electron chi connectivity index (χ0n) is 22.1. The Morgan fingerprint density at radius 2 is 1.40 bits per heavy atom. The highest BCUT2D eigenvalue weighted by molar-refractivity contribution is 5.47. The van der Waals surface area contributed by atoms with Gasteiger partial charge in [-0.25, -0.2) is 9.18 Å². The van der Waals surface area contributed by atoms with Crippen LogP contribution in [0.3, 0.4) is 0 Å². The van der Waals surface area contributed by atoms with Gasteiger partial charge in [-0.1, -0.05) is 97.1 Å². The van der Waals surface area contributed by atoms with Crippen LogP contribution in [-0.2, 0) is 19.8 Å². The van der Waals surface area contributed by atoms with Gasteiger partial charge in [0.2, 0.25) is 0 Å². The highest BCUT2D eigenvalue weighted by Crippen LogP contribution is 2.42. The summed E-state index contributed by atoms with van der Waals surface area (Å²) in [5.74, 6) is 0. The predicted octanol–water partition coefficient (Wildman–Crippen LogP) is 4.74. The monoisotopic (exact) mass is 542 g/mol. The van der Waals surface area contributed by atoms with E-state index in [9.17, 15) is 9.59 Å². The number of halogens is 1. The number of nitrogens with one attached hydrogen (secondary N) is 1. The van der Waals surface area contributed by atoms with Gasteiger partial charge in [-0.15, -0.1) is 0 Å². The van der Waals surface area contributed by atoms with Crippen LogP contribution < -0.4 is 11.2 Å². The summed E-state index contributed by atoms with van der Waals surface area (Å²) in [4.78, 5) is 26.4. The van der Waals surface area contributed by atoms with Crippen molar-refractivity contribution >= 4 is 0 Å². The van der Waals surface area contributed by atoms with E-state index in [0.717, 1.165) is 21.3 Å². The van der Waals surface area contributed by atoms with E-state index in [1.165, 1.54) is 12.3 Å². The summed E-state index contributed by atoms with van der Waals surface area (Å²) in [6.45, 7) is 2.11. The van der Waals surface area contributed by atoms with Gasteiger partial charge in [0, 0.05) is 18.9 Å². The largest absolute Gasteiger partial charge is 0.356 e. The third kappa shape index (κ3) is 5.47. The van der Waals surface area contributed by atoms with Crippen molar-refractivity contribution in [3.8, 4) is 0 Å². The number of allylic oxidation sites excluding steroid dienone is 1. The molecule has 1 aliphatic rings. The summed E-state index contributed by atoms with van der Waals surface area (Å²) in [5.41, 5.74) is 0.976. The molecule has 3 aromatic carbocycles. The second-order valence-corrected chi connectivity index (χ2v) is 9.46. The Labute approximate surface area is 231 Å². The van der Waals surface area contributed by atoms with E-state index < -0.39 is 35.2 Å². The first-order valence-electron chi connectivity index (χ1n) is 13.2. The Morgan fingerprint density at radius 1 is 0.850 bits per heavy atom. The molecule has 0 saturated carbocycles. The van der Waals surface area contributed by atoms with E-state index in [4.69, 9.17) is 14.2 Å². The minimum atomic E-state index is -1.61. The first kappa shape index (κ1) is 27.5. The number of H-pyrrole nitrogens is 1. The molecule has 4 aromatic rings. The number of aromatic amines is 1. The van der Waals surface area contributed by atoms with Crippen molar-refractivity contribution in [3.05, 3.63) is 152 Å². The quantitative estimate of drug-likeness (QED) is 0.128. The van der Waals surface area contributed by atoms with Crippen LogP contribution in [0.4, 0.5) is 4.39 Å². The molecule has 0 bridgehead atoms. The first-order chi connectivity index (χ1) is 19.5. The summed E-state index contributed by atoms with van der Waals surface area (Å²) in [6, 6.07) is 29.8. The molecule has 0 fully saturated rings. The second-order valence-electron chi connectivity index (χ2n) is 9.46. The minimum absolute atomic E-state index is 0.00446. The summed E-state index contributed by atoms with van der Waals surface area (Å²) < 4.78 is 35.2. The molecule has 40 heavy (non-hydrogen) atoms. The van der Waals surface area contributed by atoms with Crippen LogP contribution in [0.2, 0.25) is 0 Å². The molecule has 8 heteroatoms. The molecule has 206 valence electrons. The van der Waals surface area contributed by atoms with Crippen LogP contribution in [-0.4, -0.2) is 41.8 Å². The Bertz CT molecular complexity index is 1440.